The lowest BCUT2D eigenvalue weighted by atomic mass is 10.1. The Balaban J connectivity index is 1.82. The number of amides is 1. The van der Waals surface area contributed by atoms with Gasteiger partial charge in [0.05, 0.1) is 5.56 Å². The van der Waals surface area contributed by atoms with Crippen molar-refractivity contribution in [2.75, 3.05) is 6.61 Å². The van der Waals surface area contributed by atoms with Crippen molar-refractivity contribution >= 4 is 11.9 Å². The van der Waals surface area contributed by atoms with Crippen LogP contribution < -0.4 is 5.32 Å². The Kier molecular flexibility index (Phi) is 5.41. The second-order valence-corrected chi connectivity index (χ2v) is 4.96. The van der Waals surface area contributed by atoms with Crippen molar-refractivity contribution < 1.29 is 23.1 Å². The Morgan fingerprint density at radius 1 is 1.13 bits per heavy atom. The smallest absolute Gasteiger partial charge is 0.338 e. The summed E-state index contributed by atoms with van der Waals surface area (Å²) >= 11 is 0. The third kappa shape index (κ3) is 4.88. The largest absolute Gasteiger partial charge is 0.452 e. The summed E-state index contributed by atoms with van der Waals surface area (Å²) in [6, 6.07) is 9.85. The zero-order valence-corrected chi connectivity index (χ0v) is 12.4. The average Bonchev–Trinajstić information content (AvgIpc) is 2.51. The lowest BCUT2D eigenvalue weighted by molar-refractivity contribution is -0.124. The van der Waals surface area contributed by atoms with Crippen LogP contribution in [0.5, 0.6) is 0 Å². The van der Waals surface area contributed by atoms with Crippen molar-refractivity contribution in [2.24, 2.45) is 0 Å². The van der Waals surface area contributed by atoms with Gasteiger partial charge in [-0.1, -0.05) is 23.8 Å². The molecule has 0 unspecified atom stereocenters. The minimum atomic E-state index is -0.748. The summed E-state index contributed by atoms with van der Waals surface area (Å²) in [5.41, 5.74) is 1.39. The highest BCUT2D eigenvalue weighted by Crippen LogP contribution is 2.09. The maximum atomic E-state index is 13.4. The number of hydrogen-bond donors (Lipinski definition) is 1. The Hall–Kier alpha value is -2.76. The van der Waals surface area contributed by atoms with Crippen LogP contribution in [0.15, 0.2) is 42.5 Å². The van der Waals surface area contributed by atoms with E-state index in [0.717, 1.165) is 17.7 Å². The van der Waals surface area contributed by atoms with Crippen LogP contribution in [0.3, 0.4) is 0 Å². The molecule has 0 saturated carbocycles. The van der Waals surface area contributed by atoms with Crippen molar-refractivity contribution in [3.63, 3.8) is 0 Å². The Labute approximate surface area is 132 Å². The molecular formula is C17H15F2NO3. The van der Waals surface area contributed by atoms with E-state index in [1.165, 1.54) is 6.07 Å². The normalized spacial score (nSPS) is 10.2. The zero-order chi connectivity index (χ0) is 16.8. The molecule has 1 N–H and O–H groups in total. The number of ether oxygens (including phenoxy) is 1. The molecule has 0 aliphatic rings. The molecule has 0 aromatic heterocycles. The number of benzene rings is 2. The van der Waals surface area contributed by atoms with Crippen LogP contribution >= 0.6 is 0 Å². The highest BCUT2D eigenvalue weighted by molar-refractivity contribution is 5.91. The molecule has 2 aromatic rings. The number of hydrogen-bond acceptors (Lipinski definition) is 3. The topological polar surface area (TPSA) is 55.4 Å². The first-order valence-electron chi connectivity index (χ1n) is 6.90. The van der Waals surface area contributed by atoms with Crippen molar-refractivity contribution in [1.29, 1.82) is 0 Å². The SMILES string of the molecule is Cc1cccc(C(=O)OCC(=O)NCc2ccc(F)cc2F)c1. The van der Waals surface area contributed by atoms with Gasteiger partial charge in [0, 0.05) is 18.2 Å². The van der Waals surface area contributed by atoms with Crippen LogP contribution in [0.4, 0.5) is 8.78 Å². The summed E-state index contributed by atoms with van der Waals surface area (Å²) in [5, 5.41) is 2.40. The first-order valence-corrected chi connectivity index (χ1v) is 6.90. The number of nitrogens with one attached hydrogen (secondary N) is 1. The molecule has 4 nitrogen and oxygen atoms in total. The van der Waals surface area contributed by atoms with Gasteiger partial charge in [0.15, 0.2) is 6.61 Å². The highest BCUT2D eigenvalue weighted by Gasteiger charge is 2.11. The maximum absolute atomic E-state index is 13.4. The molecule has 23 heavy (non-hydrogen) atoms. The number of rotatable bonds is 5. The molecule has 0 heterocycles. The van der Waals surface area contributed by atoms with E-state index in [9.17, 15) is 18.4 Å². The van der Waals surface area contributed by atoms with E-state index in [2.05, 4.69) is 5.32 Å². The summed E-state index contributed by atoms with van der Waals surface area (Å²) in [5.74, 6) is -2.63. The van der Waals surface area contributed by atoms with E-state index >= 15 is 0 Å². The number of esters is 1. The molecule has 0 atom stereocenters. The first-order chi connectivity index (χ1) is 11.0. The average molecular weight is 319 g/mol. The van der Waals surface area contributed by atoms with Gasteiger partial charge in [0.2, 0.25) is 0 Å². The molecule has 2 rings (SSSR count). The van der Waals surface area contributed by atoms with Gasteiger partial charge < -0.3 is 10.1 Å². The van der Waals surface area contributed by atoms with Crippen molar-refractivity contribution in [1.82, 2.24) is 5.32 Å². The predicted octanol–water partition coefficient (Wildman–Crippen LogP) is 2.75. The second-order valence-electron chi connectivity index (χ2n) is 4.96. The lowest BCUT2D eigenvalue weighted by Crippen LogP contribution is -2.28. The lowest BCUT2D eigenvalue weighted by Gasteiger charge is -2.08. The van der Waals surface area contributed by atoms with Crippen molar-refractivity contribution in [3.8, 4) is 0 Å². The number of halogens is 2. The molecule has 6 heteroatoms. The van der Waals surface area contributed by atoms with Gasteiger partial charge in [-0.3, -0.25) is 4.79 Å². The number of carbonyl (C=O) groups excluding carboxylic acids is 2. The van der Waals surface area contributed by atoms with Gasteiger partial charge in [0.25, 0.3) is 5.91 Å². The molecule has 0 radical (unpaired) electrons. The monoisotopic (exact) mass is 319 g/mol. The minimum absolute atomic E-state index is 0.118. The van der Waals surface area contributed by atoms with Crippen molar-refractivity contribution in [3.05, 3.63) is 70.8 Å². The fourth-order valence-electron chi connectivity index (χ4n) is 1.90. The minimum Gasteiger partial charge on any atom is -0.452 e. The molecule has 0 spiro atoms. The van der Waals surface area contributed by atoms with E-state index in [1.54, 1.807) is 18.2 Å². The predicted molar refractivity (Wildman–Crippen MR) is 79.7 cm³/mol. The maximum Gasteiger partial charge on any atom is 0.338 e. The van der Waals surface area contributed by atoms with E-state index < -0.39 is 30.1 Å². The van der Waals surface area contributed by atoms with Crippen LogP contribution in [0, 0.1) is 18.6 Å². The van der Waals surface area contributed by atoms with Crippen LogP contribution in [0.1, 0.15) is 21.5 Å². The molecule has 0 aliphatic carbocycles. The second kappa shape index (κ2) is 7.49. The van der Waals surface area contributed by atoms with E-state index in [-0.39, 0.29) is 12.1 Å². The van der Waals surface area contributed by atoms with Crippen LogP contribution in [0.25, 0.3) is 0 Å². The molecule has 0 aliphatic heterocycles. The van der Waals surface area contributed by atoms with Gasteiger partial charge in [-0.25, -0.2) is 13.6 Å². The molecule has 0 bridgehead atoms. The van der Waals surface area contributed by atoms with Crippen LogP contribution in [-0.4, -0.2) is 18.5 Å². The molecular weight excluding hydrogens is 304 g/mol. The fourth-order valence-corrected chi connectivity index (χ4v) is 1.90. The van der Waals surface area contributed by atoms with E-state index in [4.69, 9.17) is 4.74 Å². The molecule has 1 amide bonds. The third-order valence-electron chi connectivity index (χ3n) is 3.08. The van der Waals surface area contributed by atoms with Crippen molar-refractivity contribution in [2.45, 2.75) is 13.5 Å². The van der Waals surface area contributed by atoms with Gasteiger partial charge >= 0.3 is 5.97 Å². The number of aryl methyl sites for hydroxylation is 1. The summed E-state index contributed by atoms with van der Waals surface area (Å²) in [6.45, 7) is 1.24. The van der Waals surface area contributed by atoms with Gasteiger partial charge in [-0.05, 0) is 25.1 Å². The fraction of sp³-hybridized carbons (Fsp3) is 0.176. The summed E-state index contributed by atoms with van der Waals surface area (Å²) in [6.07, 6.45) is 0. The van der Waals surface area contributed by atoms with E-state index in [0.29, 0.717) is 5.56 Å². The number of carbonyl (C=O) groups is 2. The van der Waals surface area contributed by atoms with Crippen LogP contribution in [-0.2, 0) is 16.1 Å². The first kappa shape index (κ1) is 16.6. The Morgan fingerprint density at radius 3 is 2.61 bits per heavy atom. The van der Waals surface area contributed by atoms with Gasteiger partial charge in [-0.2, -0.15) is 0 Å². The molecule has 0 fully saturated rings. The van der Waals surface area contributed by atoms with Gasteiger partial charge in [-0.15, -0.1) is 0 Å². The quantitative estimate of drug-likeness (QED) is 0.862. The van der Waals surface area contributed by atoms with E-state index in [1.807, 2.05) is 13.0 Å². The summed E-state index contributed by atoms with van der Waals surface area (Å²) in [7, 11) is 0. The highest BCUT2D eigenvalue weighted by atomic mass is 19.1. The zero-order valence-electron chi connectivity index (χ0n) is 12.4. The summed E-state index contributed by atoms with van der Waals surface area (Å²) < 4.78 is 31.0. The summed E-state index contributed by atoms with van der Waals surface area (Å²) in [4.78, 5) is 23.4. The van der Waals surface area contributed by atoms with Crippen LogP contribution in [0.2, 0.25) is 0 Å². The molecule has 120 valence electrons. The Bertz CT molecular complexity index is 732. The van der Waals surface area contributed by atoms with Gasteiger partial charge in [0.1, 0.15) is 11.6 Å². The molecule has 0 saturated heterocycles. The Morgan fingerprint density at radius 2 is 1.91 bits per heavy atom. The third-order valence-corrected chi connectivity index (χ3v) is 3.08. The standard InChI is InChI=1S/C17H15F2NO3/c1-11-3-2-4-12(7-11)17(22)23-10-16(21)20-9-13-5-6-14(18)8-15(13)19/h2-8H,9-10H2,1H3,(H,20,21). The molecule has 2 aromatic carbocycles.